The van der Waals surface area contributed by atoms with Gasteiger partial charge in [-0.3, -0.25) is 10.2 Å². The first-order valence-electron chi connectivity index (χ1n) is 11.4. The molecule has 4 rings (SSSR count). The van der Waals surface area contributed by atoms with E-state index < -0.39 is 12.0 Å². The number of carbonyl (C=O) groups is 2. The number of amides is 2. The maximum absolute atomic E-state index is 13.7. The number of anilines is 1. The zero-order chi connectivity index (χ0) is 25.2. The molecule has 0 spiro atoms. The minimum atomic E-state index is -0.710. The Morgan fingerprint density at radius 2 is 1.50 bits per heavy atom. The van der Waals surface area contributed by atoms with Gasteiger partial charge in [0.1, 0.15) is 0 Å². The normalized spacial score (nSPS) is 9.89. The van der Waals surface area contributed by atoms with Crippen molar-refractivity contribution >= 4 is 28.6 Å². The number of hydrogen-bond acceptors (Lipinski definition) is 4. The zero-order valence-corrected chi connectivity index (χ0v) is 23.5. The van der Waals surface area contributed by atoms with Gasteiger partial charge in [-0.15, -0.1) is 6.54 Å². The molecule has 0 saturated heterocycles. The number of rotatable bonds is 5. The van der Waals surface area contributed by atoms with E-state index in [0.717, 1.165) is 10.6 Å². The summed E-state index contributed by atoms with van der Waals surface area (Å²) < 4.78 is 4.90. The van der Waals surface area contributed by atoms with Gasteiger partial charge < -0.3 is 10.1 Å². The molecule has 0 unspecified atom stereocenters. The van der Waals surface area contributed by atoms with E-state index in [1.165, 1.54) is 7.11 Å². The number of carbonyl (C=O) groups excluding carboxylic acids is 2. The molecule has 8 heteroatoms. The summed E-state index contributed by atoms with van der Waals surface area (Å²) in [5.74, 6) is -0.460. The average molecular weight is 656 g/mol. The third-order valence-electron chi connectivity index (χ3n) is 5.17. The molecule has 1 radical (unpaired) electrons. The predicted octanol–water partition coefficient (Wildman–Crippen LogP) is 6.35. The van der Waals surface area contributed by atoms with Crippen LogP contribution in [0, 0.1) is 0 Å². The van der Waals surface area contributed by atoms with Crippen LogP contribution in [-0.2, 0) is 31.7 Å². The Balaban J connectivity index is 0.00000148. The molecule has 0 fully saturated rings. The van der Waals surface area contributed by atoms with Crippen LogP contribution < -0.4 is 10.4 Å². The number of hydrazine groups is 1. The maximum atomic E-state index is 13.7. The molecule has 3 aromatic carbocycles. The third-order valence-corrected chi connectivity index (χ3v) is 5.17. The Labute approximate surface area is 225 Å². The van der Waals surface area contributed by atoms with Crippen molar-refractivity contribution in [2.75, 3.05) is 19.2 Å². The second-order valence-corrected chi connectivity index (χ2v) is 7.25. The van der Waals surface area contributed by atoms with Gasteiger partial charge in [-0.25, -0.2) is 9.78 Å². The standard InChI is InChI=1S/C26H23N4O3.C2H6.Re/c1-27-17-21-23(25(31)29-30(26(32)33-2)19-13-7-4-8-14-19)20-15-9-10-16-22(20)28-24(21)18-11-5-3-6-12-18;1-2;/h3-16H,17H2,1-2H3,(H,29,31);1-2H3;/q-1;;. The van der Waals surface area contributed by atoms with Gasteiger partial charge in [0, 0.05) is 31.4 Å². The number of fused-ring (bicyclic) bond motifs is 1. The van der Waals surface area contributed by atoms with Gasteiger partial charge >= 0.3 is 6.09 Å². The Bertz CT molecular complexity index is 1280. The third kappa shape index (κ3) is 6.35. The molecule has 0 aliphatic carbocycles. The summed E-state index contributed by atoms with van der Waals surface area (Å²) in [6.07, 6.45) is -0.710. The first-order chi connectivity index (χ1) is 17.1. The fourth-order valence-electron chi connectivity index (χ4n) is 3.70. The number of hydrogen-bond donors (Lipinski definition) is 1. The van der Waals surface area contributed by atoms with Gasteiger partial charge in [0.25, 0.3) is 5.91 Å². The van der Waals surface area contributed by atoms with Crippen molar-refractivity contribution in [3.05, 3.63) is 101 Å². The van der Waals surface area contributed by atoms with Gasteiger partial charge in [0.15, 0.2) is 0 Å². The molecule has 0 bridgehead atoms. The van der Waals surface area contributed by atoms with Crippen molar-refractivity contribution in [1.29, 1.82) is 0 Å². The molecule has 1 aromatic heterocycles. The van der Waals surface area contributed by atoms with E-state index in [-0.39, 0.29) is 27.0 Å². The smallest absolute Gasteiger partial charge is 0.433 e. The van der Waals surface area contributed by atoms with E-state index in [9.17, 15) is 9.59 Å². The van der Waals surface area contributed by atoms with E-state index >= 15 is 0 Å². The molecule has 4 aromatic rings. The second-order valence-electron chi connectivity index (χ2n) is 7.25. The SMILES string of the molecule is CC.C[N-]Cc1c(-c2ccccc2)nc2ccccc2c1C(=O)NN(C(=O)OC)c1ccccc1.[Re]. The topological polar surface area (TPSA) is 85.6 Å². The van der Waals surface area contributed by atoms with Gasteiger partial charge in [0.05, 0.1) is 29.6 Å². The molecule has 0 saturated carbocycles. The zero-order valence-electron chi connectivity index (χ0n) is 20.7. The van der Waals surface area contributed by atoms with Crippen molar-refractivity contribution < 1.29 is 34.7 Å². The van der Waals surface area contributed by atoms with Crippen LogP contribution in [0.5, 0.6) is 0 Å². The quantitative estimate of drug-likeness (QED) is 0.254. The first-order valence-corrected chi connectivity index (χ1v) is 11.4. The summed E-state index contributed by atoms with van der Waals surface area (Å²) in [5.41, 5.74) is 6.51. The largest absolute Gasteiger partial charge is 0.661 e. The van der Waals surface area contributed by atoms with Crippen molar-refractivity contribution in [2.45, 2.75) is 20.4 Å². The number of para-hydroxylation sites is 2. The molecule has 0 atom stereocenters. The van der Waals surface area contributed by atoms with E-state index in [1.54, 1.807) is 31.3 Å². The number of pyridine rings is 1. The van der Waals surface area contributed by atoms with E-state index in [0.29, 0.717) is 33.4 Å². The summed E-state index contributed by atoms with van der Waals surface area (Å²) >= 11 is 0. The first kappa shape index (κ1) is 28.7. The number of ether oxygens (including phenoxy) is 1. The minimum Gasteiger partial charge on any atom is -0.661 e. The van der Waals surface area contributed by atoms with Crippen LogP contribution in [0.3, 0.4) is 0 Å². The van der Waals surface area contributed by atoms with Gasteiger partial charge in [-0.2, -0.15) is 12.1 Å². The predicted molar refractivity (Wildman–Crippen MR) is 140 cm³/mol. The van der Waals surface area contributed by atoms with Crippen molar-refractivity contribution in [1.82, 2.24) is 10.4 Å². The van der Waals surface area contributed by atoms with Crippen molar-refractivity contribution in [2.24, 2.45) is 0 Å². The molecule has 0 aliphatic heterocycles. The van der Waals surface area contributed by atoms with Crippen LogP contribution in [0.25, 0.3) is 27.5 Å². The molecule has 1 N–H and O–H groups in total. The van der Waals surface area contributed by atoms with E-state index in [2.05, 4.69) is 10.7 Å². The monoisotopic (exact) mass is 656 g/mol. The summed E-state index contributed by atoms with van der Waals surface area (Å²) in [7, 11) is 2.96. The van der Waals surface area contributed by atoms with Crippen molar-refractivity contribution in [3.8, 4) is 11.3 Å². The van der Waals surface area contributed by atoms with Crippen LogP contribution in [0.4, 0.5) is 10.5 Å². The molecule has 7 nitrogen and oxygen atoms in total. The second kappa shape index (κ2) is 14.1. The van der Waals surface area contributed by atoms with Crippen LogP contribution in [0.15, 0.2) is 84.9 Å². The average Bonchev–Trinajstić information content (AvgIpc) is 2.93. The number of nitrogens with one attached hydrogen (secondary N) is 1. The molecular formula is C28H29N4O3Re-. The van der Waals surface area contributed by atoms with Crippen LogP contribution in [0.2, 0.25) is 0 Å². The summed E-state index contributed by atoms with van der Waals surface area (Å²) in [6.45, 7) is 4.29. The number of benzene rings is 3. The van der Waals surface area contributed by atoms with Gasteiger partial charge in [-0.1, -0.05) is 80.6 Å². The van der Waals surface area contributed by atoms with Crippen molar-refractivity contribution in [3.63, 3.8) is 0 Å². The minimum absolute atomic E-state index is 0. The Hall–Kier alpha value is -3.57. The number of aromatic nitrogens is 1. The summed E-state index contributed by atoms with van der Waals surface area (Å²) in [6, 6.07) is 25.9. The van der Waals surface area contributed by atoms with E-state index in [1.807, 2.05) is 74.5 Å². The van der Waals surface area contributed by atoms with Crippen LogP contribution in [-0.4, -0.2) is 31.1 Å². The molecule has 36 heavy (non-hydrogen) atoms. The van der Waals surface area contributed by atoms with Gasteiger partial charge in [0.2, 0.25) is 0 Å². The summed E-state index contributed by atoms with van der Waals surface area (Å²) in [5, 5.41) is 6.07. The summed E-state index contributed by atoms with van der Waals surface area (Å²) in [4.78, 5) is 31.1. The Morgan fingerprint density at radius 1 is 0.917 bits per heavy atom. The fraction of sp³-hybridized carbons (Fsp3) is 0.179. The number of nitrogens with zero attached hydrogens (tertiary/aromatic N) is 3. The number of methoxy groups -OCH3 is 1. The Morgan fingerprint density at radius 3 is 2.11 bits per heavy atom. The molecule has 1 heterocycles. The van der Waals surface area contributed by atoms with E-state index in [4.69, 9.17) is 9.72 Å². The molecular weight excluding hydrogens is 627 g/mol. The molecule has 0 aliphatic rings. The van der Waals surface area contributed by atoms with Crippen LogP contribution >= 0.6 is 0 Å². The Kier molecular flexibility index (Phi) is 11.2. The molecule has 2 amide bonds. The fourth-order valence-corrected chi connectivity index (χ4v) is 3.70. The maximum Gasteiger partial charge on any atom is 0.433 e. The van der Waals surface area contributed by atoms with Crippen LogP contribution in [0.1, 0.15) is 29.8 Å². The molecule has 187 valence electrons. The van der Waals surface area contributed by atoms with Gasteiger partial charge in [-0.05, 0) is 23.8 Å².